The fourth-order valence-corrected chi connectivity index (χ4v) is 1.41. The summed E-state index contributed by atoms with van der Waals surface area (Å²) in [7, 11) is 0. The van der Waals surface area contributed by atoms with Crippen LogP contribution in [0.3, 0.4) is 0 Å². The van der Waals surface area contributed by atoms with Crippen molar-refractivity contribution < 1.29 is 24.5 Å². The van der Waals surface area contributed by atoms with Crippen molar-refractivity contribution in [3.63, 3.8) is 0 Å². The summed E-state index contributed by atoms with van der Waals surface area (Å²) in [4.78, 5) is 22.6. The smallest absolute Gasteiger partial charge is 0.339 e. The Morgan fingerprint density at radius 1 is 1.12 bits per heavy atom. The fraction of sp³-hybridized carbons (Fsp3) is 0.818. The van der Waals surface area contributed by atoms with Crippen LogP contribution in [-0.2, 0) is 14.3 Å². The highest BCUT2D eigenvalue weighted by Gasteiger charge is 2.49. The first kappa shape index (κ1) is 14.9. The zero-order valence-electron chi connectivity index (χ0n) is 10.4. The van der Waals surface area contributed by atoms with E-state index in [1.54, 1.807) is 27.7 Å². The minimum absolute atomic E-state index is 0.390. The highest BCUT2D eigenvalue weighted by atomic mass is 16.6. The van der Waals surface area contributed by atoms with Gasteiger partial charge in [-0.15, -0.1) is 0 Å². The molecular weight excluding hydrogens is 212 g/mol. The molecule has 0 fully saturated rings. The Kier molecular flexibility index (Phi) is 4.93. The van der Waals surface area contributed by atoms with Gasteiger partial charge in [-0.2, -0.15) is 0 Å². The van der Waals surface area contributed by atoms with E-state index in [1.807, 2.05) is 0 Å². The first-order valence-corrected chi connectivity index (χ1v) is 5.30. The van der Waals surface area contributed by atoms with Gasteiger partial charge in [-0.1, -0.05) is 13.8 Å². The van der Waals surface area contributed by atoms with Crippen LogP contribution in [0.1, 0.15) is 34.6 Å². The summed E-state index contributed by atoms with van der Waals surface area (Å²) >= 11 is 0. The van der Waals surface area contributed by atoms with Gasteiger partial charge in [0.25, 0.3) is 0 Å². The normalized spacial score (nSPS) is 17.0. The lowest BCUT2D eigenvalue weighted by Gasteiger charge is -2.33. The standard InChI is InChI=1S/C11H20O5/c1-6(2)11(15,8(5)9(12)13)10(14)16-7(3)4/h6-8,15H,1-5H3,(H,12,13)/t8-,11-/m0/s1. The third-order valence-corrected chi connectivity index (χ3v) is 2.58. The van der Waals surface area contributed by atoms with Gasteiger partial charge in [-0.3, -0.25) is 4.79 Å². The first-order valence-electron chi connectivity index (χ1n) is 5.30. The quantitative estimate of drug-likeness (QED) is 0.692. The number of ether oxygens (including phenoxy) is 1. The molecule has 5 nitrogen and oxygen atoms in total. The van der Waals surface area contributed by atoms with E-state index in [0.717, 1.165) is 0 Å². The summed E-state index contributed by atoms with van der Waals surface area (Å²) in [5.41, 5.74) is -1.99. The molecule has 0 aliphatic rings. The van der Waals surface area contributed by atoms with Crippen LogP contribution in [0.25, 0.3) is 0 Å². The van der Waals surface area contributed by atoms with Gasteiger partial charge in [0.2, 0.25) is 0 Å². The molecule has 16 heavy (non-hydrogen) atoms. The minimum atomic E-state index is -1.99. The molecule has 0 rings (SSSR count). The van der Waals surface area contributed by atoms with Crippen LogP contribution in [0.2, 0.25) is 0 Å². The summed E-state index contributed by atoms with van der Waals surface area (Å²) in [6.07, 6.45) is -0.390. The van der Waals surface area contributed by atoms with Crippen molar-refractivity contribution in [1.82, 2.24) is 0 Å². The number of carbonyl (C=O) groups is 2. The minimum Gasteiger partial charge on any atom is -0.481 e. The highest BCUT2D eigenvalue weighted by molar-refractivity contribution is 5.87. The molecule has 0 aliphatic heterocycles. The van der Waals surface area contributed by atoms with E-state index in [9.17, 15) is 14.7 Å². The van der Waals surface area contributed by atoms with E-state index in [-0.39, 0.29) is 0 Å². The molecular formula is C11H20O5. The molecule has 2 N–H and O–H groups in total. The lowest BCUT2D eigenvalue weighted by molar-refractivity contribution is -0.187. The number of carboxylic acids is 1. The van der Waals surface area contributed by atoms with Crippen molar-refractivity contribution in [3.05, 3.63) is 0 Å². The molecule has 0 aromatic rings. The van der Waals surface area contributed by atoms with Crippen molar-refractivity contribution in [2.75, 3.05) is 0 Å². The Balaban J connectivity index is 5.11. The molecule has 5 heteroatoms. The molecule has 0 spiro atoms. The number of carboxylic acid groups (broad SMARTS) is 1. The number of carbonyl (C=O) groups excluding carboxylic acids is 1. The van der Waals surface area contributed by atoms with E-state index in [0.29, 0.717) is 0 Å². The van der Waals surface area contributed by atoms with E-state index in [2.05, 4.69) is 0 Å². The maximum absolute atomic E-state index is 11.7. The number of aliphatic hydroxyl groups is 1. The van der Waals surface area contributed by atoms with E-state index < -0.39 is 35.5 Å². The molecule has 0 heterocycles. The lowest BCUT2D eigenvalue weighted by Crippen LogP contribution is -2.53. The van der Waals surface area contributed by atoms with Crippen molar-refractivity contribution in [3.8, 4) is 0 Å². The third-order valence-electron chi connectivity index (χ3n) is 2.58. The summed E-state index contributed by atoms with van der Waals surface area (Å²) in [6, 6.07) is 0. The molecule has 0 radical (unpaired) electrons. The monoisotopic (exact) mass is 232 g/mol. The maximum atomic E-state index is 11.7. The third kappa shape index (κ3) is 2.95. The van der Waals surface area contributed by atoms with E-state index in [1.165, 1.54) is 6.92 Å². The Morgan fingerprint density at radius 3 is 1.81 bits per heavy atom. The molecule has 0 bridgehead atoms. The summed E-state index contributed by atoms with van der Waals surface area (Å²) < 4.78 is 4.90. The van der Waals surface area contributed by atoms with Gasteiger partial charge in [0.15, 0.2) is 5.60 Å². The molecule has 0 aromatic heterocycles. The van der Waals surface area contributed by atoms with Crippen LogP contribution in [-0.4, -0.2) is 33.9 Å². The first-order chi connectivity index (χ1) is 7.13. The highest BCUT2D eigenvalue weighted by Crippen LogP contribution is 2.28. The number of rotatable bonds is 5. The van der Waals surface area contributed by atoms with Gasteiger partial charge in [0.05, 0.1) is 12.0 Å². The average molecular weight is 232 g/mol. The Bertz CT molecular complexity index is 272. The molecule has 94 valence electrons. The molecule has 0 amide bonds. The van der Waals surface area contributed by atoms with Crippen LogP contribution in [0.5, 0.6) is 0 Å². The van der Waals surface area contributed by atoms with Crippen molar-refractivity contribution in [2.45, 2.75) is 46.3 Å². The van der Waals surface area contributed by atoms with Crippen molar-refractivity contribution >= 4 is 11.9 Å². The predicted octanol–water partition coefficient (Wildman–Crippen LogP) is 1.05. The van der Waals surface area contributed by atoms with Crippen LogP contribution >= 0.6 is 0 Å². The molecule has 0 unspecified atom stereocenters. The topological polar surface area (TPSA) is 83.8 Å². The number of esters is 1. The van der Waals surface area contributed by atoms with Crippen molar-refractivity contribution in [1.29, 1.82) is 0 Å². The number of hydrogen-bond donors (Lipinski definition) is 2. The van der Waals surface area contributed by atoms with Crippen LogP contribution in [0.4, 0.5) is 0 Å². The van der Waals surface area contributed by atoms with Gasteiger partial charge >= 0.3 is 11.9 Å². The summed E-state index contributed by atoms with van der Waals surface area (Å²) in [5, 5.41) is 19.1. The lowest BCUT2D eigenvalue weighted by atomic mass is 9.79. The second-order valence-corrected chi connectivity index (χ2v) is 4.49. The van der Waals surface area contributed by atoms with E-state index in [4.69, 9.17) is 9.84 Å². The molecule has 0 saturated heterocycles. The van der Waals surface area contributed by atoms with Crippen molar-refractivity contribution in [2.24, 2.45) is 11.8 Å². The second-order valence-electron chi connectivity index (χ2n) is 4.49. The Labute approximate surface area is 95.4 Å². The fourth-order valence-electron chi connectivity index (χ4n) is 1.41. The van der Waals surface area contributed by atoms with Gasteiger partial charge in [-0.05, 0) is 26.7 Å². The van der Waals surface area contributed by atoms with E-state index >= 15 is 0 Å². The summed E-state index contributed by atoms with van der Waals surface area (Å²) in [5.74, 6) is -3.85. The van der Waals surface area contributed by atoms with Gasteiger partial charge in [-0.25, -0.2) is 4.79 Å². The molecule has 0 aliphatic carbocycles. The Morgan fingerprint density at radius 2 is 1.56 bits per heavy atom. The molecule has 2 atom stereocenters. The number of hydrogen-bond acceptors (Lipinski definition) is 4. The van der Waals surface area contributed by atoms with Gasteiger partial charge in [0, 0.05) is 0 Å². The van der Waals surface area contributed by atoms with Crippen LogP contribution < -0.4 is 0 Å². The van der Waals surface area contributed by atoms with Crippen LogP contribution in [0.15, 0.2) is 0 Å². The average Bonchev–Trinajstić information content (AvgIpc) is 2.13. The summed E-state index contributed by atoms with van der Waals surface area (Å²) in [6.45, 7) is 7.75. The number of aliphatic carboxylic acids is 1. The zero-order valence-corrected chi connectivity index (χ0v) is 10.4. The largest absolute Gasteiger partial charge is 0.481 e. The maximum Gasteiger partial charge on any atom is 0.339 e. The molecule has 0 saturated carbocycles. The zero-order chi connectivity index (χ0) is 13.1. The predicted molar refractivity (Wildman–Crippen MR) is 57.8 cm³/mol. The molecule has 0 aromatic carbocycles. The van der Waals surface area contributed by atoms with Gasteiger partial charge in [0.1, 0.15) is 0 Å². The Hall–Kier alpha value is -1.10. The van der Waals surface area contributed by atoms with Gasteiger partial charge < -0.3 is 14.9 Å². The SMILES string of the molecule is CC(C)OC(=O)[C@](O)(C(C)C)[C@@H](C)C(=O)O. The van der Waals surface area contributed by atoms with Crippen LogP contribution in [0, 0.1) is 11.8 Å². The second kappa shape index (κ2) is 5.30.